The average molecular weight is 435 g/mol. The van der Waals surface area contributed by atoms with E-state index in [4.69, 9.17) is 34.8 Å². The number of aromatic nitrogens is 2. The van der Waals surface area contributed by atoms with Crippen molar-refractivity contribution in [2.45, 2.75) is 31.0 Å². The fraction of sp³-hybridized carbons (Fsp3) is 0.600. The molecule has 0 radical (unpaired) electrons. The molecule has 1 aliphatic rings. The largest absolute Gasteiger partial charge is 1.00 e. The molecule has 0 saturated carbocycles. The molecule has 25 heavy (non-hydrogen) atoms. The number of aliphatic hydroxyl groups is 3. The van der Waals surface area contributed by atoms with Gasteiger partial charge in [0.25, 0.3) is 0 Å². The van der Waals surface area contributed by atoms with Crippen LogP contribution in [0.15, 0.2) is 17.1 Å². The molecular weight excluding hydrogens is 415 g/mol. The van der Waals surface area contributed by atoms with Crippen LogP contribution in [0.1, 0.15) is 2.85 Å². The first-order valence-corrected chi connectivity index (χ1v) is 7.83. The van der Waals surface area contributed by atoms with Crippen molar-refractivity contribution in [2.24, 2.45) is 0 Å². The van der Waals surface area contributed by atoms with Crippen molar-refractivity contribution in [1.29, 1.82) is 0 Å². The third-order valence-electron chi connectivity index (χ3n) is 2.91. The number of phosphoric acid groups is 1. The molecule has 12 nitrogen and oxygen atoms in total. The smallest absolute Gasteiger partial charge is 1.00 e. The van der Waals surface area contributed by atoms with Crippen molar-refractivity contribution in [1.82, 2.24) is 9.55 Å². The van der Waals surface area contributed by atoms with E-state index in [1.807, 2.05) is 0 Å². The zero-order valence-corrected chi connectivity index (χ0v) is 20.8. The zero-order chi connectivity index (χ0) is 17.8. The summed E-state index contributed by atoms with van der Waals surface area (Å²) >= 11 is 0. The Morgan fingerprint density at radius 1 is 1.24 bits per heavy atom. The molecule has 2 rings (SSSR count). The summed E-state index contributed by atoms with van der Waals surface area (Å²) in [6, 6.07) is 1.45. The van der Waals surface area contributed by atoms with E-state index in [0.717, 1.165) is 0 Å². The Balaban J connectivity index is -0.000000264. The molecule has 0 unspecified atom stereocenters. The second-order valence-electron chi connectivity index (χ2n) is 4.68. The predicted octanol–water partition coefficient (Wildman–Crippen LogP) is -9.39. The zero-order valence-electron chi connectivity index (χ0n) is 15.7. The summed E-state index contributed by atoms with van der Waals surface area (Å²) in [7, 11) is -4.64. The summed E-state index contributed by atoms with van der Waals surface area (Å²) in [6.07, 6.45) is -2.52. The van der Waals surface area contributed by atoms with Crippen LogP contribution in [-0.4, -0.2) is 70.6 Å². The second kappa shape index (κ2) is 13.2. The molecule has 0 bridgehead atoms. The first-order chi connectivity index (χ1) is 10.5. The molecule has 0 amide bonds. The Morgan fingerprint density at radius 2 is 1.72 bits per heavy atom. The molecule has 1 aromatic rings. The molecule has 15 heteroatoms. The summed E-state index contributed by atoms with van der Waals surface area (Å²) in [5.74, 6) is 0.109. The predicted molar refractivity (Wildman–Crippen MR) is 77.2 cm³/mol. The number of aliphatic hydroxyl groups excluding tert-OH is 3. The van der Waals surface area contributed by atoms with Crippen LogP contribution in [0.25, 0.3) is 0 Å². The number of nitrogens with zero attached hydrogens (tertiary/aromatic N) is 2. The maximum atomic E-state index is 11.5. The second-order valence-corrected chi connectivity index (χ2v) is 5.70. The van der Waals surface area contributed by atoms with Crippen LogP contribution in [-0.2, 0) is 15.8 Å². The molecule has 4 atom stereocenters. The van der Waals surface area contributed by atoms with Crippen LogP contribution in [0.3, 0.4) is 0 Å². The van der Waals surface area contributed by atoms with Crippen LogP contribution in [0.5, 0.6) is 0 Å². The fourth-order valence-electron chi connectivity index (χ4n) is 1.90. The van der Waals surface area contributed by atoms with E-state index in [-0.39, 0.29) is 118 Å². The normalized spacial score (nSPS) is 25.2. The Bertz CT molecular complexity index is 630. The van der Waals surface area contributed by atoms with Crippen molar-refractivity contribution < 1.29 is 145 Å². The number of ether oxygens (including phenoxy) is 1. The van der Waals surface area contributed by atoms with E-state index in [2.05, 4.69) is 4.98 Å². The van der Waals surface area contributed by atoms with Gasteiger partial charge in [0, 0.05) is 6.20 Å². The number of hydrogen-bond donors (Lipinski definition) is 7. The summed E-state index contributed by atoms with van der Waals surface area (Å²) in [5, 5.41) is 28.2. The SMILES string of the molecule is Nc1ccn(C[C@@H]2O[C@H](CO)[C@@H](O)[C@H]2O)c(=O)n1.O=P(O)(O)O.[H-].[H-].[K+].[K+]. The van der Waals surface area contributed by atoms with Crippen LogP contribution in [0.4, 0.5) is 5.82 Å². The maximum Gasteiger partial charge on any atom is 1.00 e. The van der Waals surface area contributed by atoms with E-state index in [0.29, 0.717) is 0 Å². The van der Waals surface area contributed by atoms with Crippen LogP contribution >= 0.6 is 7.82 Å². The molecule has 8 N–H and O–H groups in total. The third kappa shape index (κ3) is 10.9. The van der Waals surface area contributed by atoms with Crippen LogP contribution in [0.2, 0.25) is 0 Å². The molecule has 1 aromatic heterocycles. The first kappa shape index (κ1) is 29.1. The minimum Gasteiger partial charge on any atom is -1.00 e. The number of rotatable bonds is 3. The first-order valence-electron chi connectivity index (χ1n) is 6.26. The van der Waals surface area contributed by atoms with Gasteiger partial charge in [-0.1, -0.05) is 0 Å². The number of hydrogen-bond acceptors (Lipinski definition) is 8. The number of nitrogen functional groups attached to an aromatic ring is 1. The summed E-state index contributed by atoms with van der Waals surface area (Å²) < 4.78 is 15.4. The van der Waals surface area contributed by atoms with Crippen molar-refractivity contribution in [2.75, 3.05) is 12.3 Å². The minimum absolute atomic E-state index is 0. The van der Waals surface area contributed by atoms with Gasteiger partial charge in [-0.3, -0.25) is 4.57 Å². The van der Waals surface area contributed by atoms with Gasteiger partial charge in [0.05, 0.1) is 13.2 Å². The van der Waals surface area contributed by atoms with E-state index < -0.39 is 44.5 Å². The van der Waals surface area contributed by atoms with E-state index in [1.165, 1.54) is 16.8 Å². The molecule has 1 aliphatic heterocycles. The molecule has 136 valence electrons. The van der Waals surface area contributed by atoms with Crippen molar-refractivity contribution in [3.8, 4) is 0 Å². The van der Waals surface area contributed by atoms with Gasteiger partial charge in [-0.15, -0.1) is 0 Å². The minimum atomic E-state index is -4.64. The third-order valence-corrected chi connectivity index (χ3v) is 2.91. The van der Waals surface area contributed by atoms with Gasteiger partial charge in [0.1, 0.15) is 30.2 Å². The van der Waals surface area contributed by atoms with Gasteiger partial charge < -0.3 is 43.3 Å². The summed E-state index contributed by atoms with van der Waals surface area (Å²) in [4.78, 5) is 36.6. The number of anilines is 1. The van der Waals surface area contributed by atoms with Crippen molar-refractivity contribution in [3.05, 3.63) is 22.7 Å². The molecule has 1 fully saturated rings. The van der Waals surface area contributed by atoms with Gasteiger partial charge in [0.15, 0.2) is 0 Å². The average Bonchev–Trinajstić information content (AvgIpc) is 2.68. The van der Waals surface area contributed by atoms with E-state index >= 15 is 0 Å². The van der Waals surface area contributed by atoms with Gasteiger partial charge in [0.2, 0.25) is 0 Å². The molecule has 1 saturated heterocycles. The van der Waals surface area contributed by atoms with Crippen LogP contribution < -0.4 is 114 Å². The molecular formula is C10H20K2N3O9P. The Kier molecular flexibility index (Phi) is 15.4. The monoisotopic (exact) mass is 435 g/mol. The standard InChI is InChI=1S/C10H15N3O5.2K.H3O4P.2H/c11-7-1-2-13(10(17)12-7)3-5-8(15)9(16)6(4-14)18-5;;;1-5(2,3)4;;/h1-2,5-6,8-9,14-16H,3-4H2,(H2,11,12,17);;;(H3,1,2,3,4);;/q;2*+1;;2*-1/t5-,6+,8-,9+;;;;;/m0...../s1. The maximum absolute atomic E-state index is 11.5. The Labute approximate surface area is 230 Å². The Morgan fingerprint density at radius 3 is 2.12 bits per heavy atom. The van der Waals surface area contributed by atoms with Gasteiger partial charge >= 0.3 is 116 Å². The number of nitrogens with two attached hydrogens (primary N) is 1. The van der Waals surface area contributed by atoms with E-state index in [9.17, 15) is 15.0 Å². The van der Waals surface area contributed by atoms with Gasteiger partial charge in [-0.2, -0.15) is 4.98 Å². The van der Waals surface area contributed by atoms with Gasteiger partial charge in [-0.25, -0.2) is 9.36 Å². The molecule has 2 heterocycles. The fourth-order valence-corrected chi connectivity index (χ4v) is 1.90. The quantitative estimate of drug-likeness (QED) is 0.175. The Hall–Kier alpha value is 1.90. The van der Waals surface area contributed by atoms with Gasteiger partial charge in [-0.05, 0) is 6.07 Å². The summed E-state index contributed by atoms with van der Waals surface area (Å²) in [5.41, 5.74) is 4.79. The topological polar surface area (TPSA) is 209 Å². The molecule has 0 aliphatic carbocycles. The molecule has 0 aromatic carbocycles. The van der Waals surface area contributed by atoms with Crippen molar-refractivity contribution in [3.63, 3.8) is 0 Å². The summed E-state index contributed by atoms with van der Waals surface area (Å²) in [6.45, 7) is -0.371. The van der Waals surface area contributed by atoms with E-state index in [1.54, 1.807) is 0 Å². The molecule has 0 spiro atoms. The van der Waals surface area contributed by atoms with Crippen molar-refractivity contribution >= 4 is 13.6 Å². The van der Waals surface area contributed by atoms with Crippen LogP contribution in [0, 0.1) is 0 Å².